The van der Waals surface area contributed by atoms with Crippen LogP contribution in [0.1, 0.15) is 111 Å². The van der Waals surface area contributed by atoms with Crippen molar-refractivity contribution in [1.29, 1.82) is 0 Å². The molecule has 0 aliphatic heterocycles. The van der Waals surface area contributed by atoms with E-state index in [4.69, 9.17) is 19.9 Å². The summed E-state index contributed by atoms with van der Waals surface area (Å²) in [6, 6.07) is 9.99. The van der Waals surface area contributed by atoms with Crippen molar-refractivity contribution >= 4 is 29.5 Å². The van der Waals surface area contributed by atoms with Crippen LogP contribution in [0.25, 0.3) is 0 Å². The van der Waals surface area contributed by atoms with E-state index in [1.165, 1.54) is 36.4 Å². The average molecular weight is 801 g/mol. The van der Waals surface area contributed by atoms with E-state index in [9.17, 15) is 32.8 Å². The average Bonchev–Trinajstić information content (AvgIpc) is 3.91. The smallest absolute Gasteiger partial charge is 0.407 e. The summed E-state index contributed by atoms with van der Waals surface area (Å²) < 4.78 is 42.5. The molecule has 5 N–H and O–H groups in total. The third-order valence-corrected chi connectivity index (χ3v) is 9.75. The van der Waals surface area contributed by atoms with Crippen LogP contribution >= 0.6 is 0 Å². The second-order valence-corrected chi connectivity index (χ2v) is 15.7. The van der Waals surface area contributed by atoms with E-state index in [-0.39, 0.29) is 54.2 Å². The van der Waals surface area contributed by atoms with Gasteiger partial charge in [0, 0.05) is 30.5 Å². The Morgan fingerprint density at radius 1 is 0.702 bits per heavy atom. The number of amides is 3. The Labute approximate surface area is 335 Å². The van der Waals surface area contributed by atoms with E-state index >= 15 is 0 Å². The van der Waals surface area contributed by atoms with Crippen LogP contribution < -0.4 is 31.2 Å². The molecule has 2 fully saturated rings. The lowest BCUT2D eigenvalue weighted by molar-refractivity contribution is -0.131. The number of unbranched alkanes of at least 4 members (excludes halogenated alkanes) is 2. The maximum Gasteiger partial charge on any atom is 0.407 e. The summed E-state index contributed by atoms with van der Waals surface area (Å²) in [6.07, 6.45) is 10.9. The first-order valence-corrected chi connectivity index (χ1v) is 20.3. The molecule has 2 aliphatic rings. The van der Waals surface area contributed by atoms with Crippen LogP contribution in [0.15, 0.2) is 48.5 Å². The van der Waals surface area contributed by atoms with Crippen LogP contribution in [0.5, 0.6) is 11.5 Å². The Morgan fingerprint density at radius 2 is 1.14 bits per heavy atom. The lowest BCUT2D eigenvalue weighted by atomic mass is 10.0. The summed E-state index contributed by atoms with van der Waals surface area (Å²) >= 11 is 0. The molecular formula is C43H62F2N4O8. The van der Waals surface area contributed by atoms with Crippen LogP contribution in [0.3, 0.4) is 0 Å². The molecule has 316 valence electrons. The number of ketones is 2. The zero-order valence-electron chi connectivity index (χ0n) is 33.8. The maximum atomic E-state index is 13.3. The molecule has 0 radical (unpaired) electrons. The third-order valence-electron chi connectivity index (χ3n) is 9.75. The predicted molar refractivity (Wildman–Crippen MR) is 213 cm³/mol. The number of nitrogens with two attached hydrogens (primary N) is 1. The van der Waals surface area contributed by atoms with Gasteiger partial charge >= 0.3 is 6.09 Å². The number of hydrogen-bond donors (Lipinski definition) is 4. The highest BCUT2D eigenvalue weighted by atomic mass is 19.1. The Balaban J connectivity index is 0.000000315. The van der Waals surface area contributed by atoms with Gasteiger partial charge in [0.25, 0.3) is 0 Å². The maximum absolute atomic E-state index is 13.3. The van der Waals surface area contributed by atoms with Crippen molar-refractivity contribution in [2.45, 2.75) is 128 Å². The molecule has 57 heavy (non-hydrogen) atoms. The lowest BCUT2D eigenvalue weighted by Crippen LogP contribution is -2.45. The van der Waals surface area contributed by atoms with Gasteiger partial charge in [0.1, 0.15) is 41.9 Å². The predicted octanol–water partition coefficient (Wildman–Crippen LogP) is 6.72. The van der Waals surface area contributed by atoms with Gasteiger partial charge in [0.05, 0.1) is 12.1 Å². The summed E-state index contributed by atoms with van der Waals surface area (Å²) in [7, 11) is 0. The lowest BCUT2D eigenvalue weighted by Gasteiger charge is -2.21. The van der Waals surface area contributed by atoms with Gasteiger partial charge < -0.3 is 35.9 Å². The Kier molecular flexibility index (Phi) is 20.5. The van der Waals surface area contributed by atoms with Gasteiger partial charge in [-0.3, -0.25) is 19.2 Å². The number of carbonyl (C=O) groups excluding carboxylic acids is 5. The van der Waals surface area contributed by atoms with Crippen LogP contribution in [0.2, 0.25) is 0 Å². The highest BCUT2D eigenvalue weighted by Gasteiger charge is 2.29. The number of halogens is 2. The van der Waals surface area contributed by atoms with Crippen LogP contribution in [-0.4, -0.2) is 73.5 Å². The van der Waals surface area contributed by atoms with Crippen molar-refractivity contribution in [3.8, 4) is 11.5 Å². The van der Waals surface area contributed by atoms with Gasteiger partial charge in [-0.2, -0.15) is 0 Å². The molecule has 2 atom stereocenters. The van der Waals surface area contributed by atoms with Gasteiger partial charge in [-0.05, 0) is 116 Å². The van der Waals surface area contributed by atoms with E-state index in [0.717, 1.165) is 64.2 Å². The highest BCUT2D eigenvalue weighted by molar-refractivity contribution is 5.91. The van der Waals surface area contributed by atoms with Crippen molar-refractivity contribution in [3.05, 3.63) is 60.2 Å². The molecule has 0 unspecified atom stereocenters. The van der Waals surface area contributed by atoms with Gasteiger partial charge in [-0.15, -0.1) is 0 Å². The van der Waals surface area contributed by atoms with Crippen LogP contribution in [0.4, 0.5) is 13.6 Å². The summed E-state index contributed by atoms with van der Waals surface area (Å²) in [5, 5.41) is 8.45. The van der Waals surface area contributed by atoms with Gasteiger partial charge in [-0.1, -0.05) is 37.8 Å². The molecule has 0 aromatic heterocycles. The fraction of sp³-hybridized carbons (Fsp3) is 0.605. The largest absolute Gasteiger partial charge is 0.486 e. The number of nitrogens with one attached hydrogen (secondary N) is 3. The van der Waals surface area contributed by atoms with Gasteiger partial charge in [0.15, 0.2) is 11.6 Å². The van der Waals surface area contributed by atoms with Gasteiger partial charge in [-0.25, -0.2) is 13.6 Å². The molecule has 0 spiro atoms. The standard InChI is InChI=1S/C24H35FN2O5.C19H27FN2O3/c1-24(2,3)32-23(30)26-14-7-6-13-20(27-22(29)17-9-4-5-10-17)21(28)16-31-19-12-8-11-18(25)15-19;20-15-8-5-9-16(12-15)25-13-18(23)17(10-3-4-11-21)22-19(24)14-6-1-2-7-14/h8,11-12,15,17,20H,4-7,9-10,13-14,16H2,1-3H3,(H,26,30)(H,27,29);5,8-9,12,14,17H,1-4,6-7,10-11,13,21H2,(H,22,24)/t20-;17-/m00/s1. The van der Waals surface area contributed by atoms with Gasteiger partial charge in [0.2, 0.25) is 11.8 Å². The Bertz CT molecular complexity index is 1570. The van der Waals surface area contributed by atoms with Crippen LogP contribution in [-0.2, 0) is 23.9 Å². The molecule has 12 nitrogen and oxygen atoms in total. The molecule has 2 aliphatic carbocycles. The first-order valence-electron chi connectivity index (χ1n) is 20.3. The third kappa shape index (κ3) is 18.9. The minimum Gasteiger partial charge on any atom is -0.486 e. The molecule has 3 amide bonds. The molecular weight excluding hydrogens is 738 g/mol. The normalized spacial score (nSPS) is 15.4. The van der Waals surface area contributed by atoms with E-state index < -0.39 is 35.4 Å². The van der Waals surface area contributed by atoms with E-state index in [1.54, 1.807) is 32.9 Å². The van der Waals surface area contributed by atoms with Crippen molar-refractivity contribution in [2.24, 2.45) is 17.6 Å². The summed E-state index contributed by atoms with van der Waals surface area (Å²) in [4.78, 5) is 61.8. The summed E-state index contributed by atoms with van der Waals surface area (Å²) in [5.74, 6) is -0.951. The Hall–Kier alpha value is -4.59. The zero-order valence-corrected chi connectivity index (χ0v) is 33.8. The molecule has 0 saturated heterocycles. The van der Waals surface area contributed by atoms with Crippen LogP contribution in [0, 0.1) is 23.5 Å². The molecule has 2 saturated carbocycles. The SMILES string of the molecule is CC(C)(C)OC(=O)NCCCC[C@H](NC(=O)C1CCCC1)C(=O)COc1cccc(F)c1.NCCCC[C@H](NC(=O)C1CCCC1)C(=O)COc1cccc(F)c1. The molecule has 0 bridgehead atoms. The zero-order chi connectivity index (χ0) is 41.6. The summed E-state index contributed by atoms with van der Waals surface area (Å²) in [6.45, 7) is 5.89. The number of carbonyl (C=O) groups is 5. The van der Waals surface area contributed by atoms with E-state index in [2.05, 4.69) is 16.0 Å². The molecule has 2 aromatic rings. The van der Waals surface area contributed by atoms with Crippen molar-refractivity contribution < 1.29 is 47.0 Å². The van der Waals surface area contributed by atoms with E-state index in [1.807, 2.05) is 0 Å². The fourth-order valence-electron chi connectivity index (χ4n) is 6.68. The van der Waals surface area contributed by atoms with Crippen molar-refractivity contribution in [3.63, 3.8) is 0 Å². The highest BCUT2D eigenvalue weighted by Crippen LogP contribution is 2.26. The van der Waals surface area contributed by atoms with Crippen molar-refractivity contribution in [2.75, 3.05) is 26.3 Å². The second kappa shape index (κ2) is 24.9. The molecule has 0 heterocycles. The number of hydrogen-bond acceptors (Lipinski definition) is 9. The number of Topliss-reactive ketones (excluding diaryl/α,β-unsaturated/α-hetero) is 2. The quantitative estimate of drug-likeness (QED) is 0.1000. The molecule has 2 aromatic carbocycles. The first-order chi connectivity index (χ1) is 27.2. The molecule has 14 heteroatoms. The van der Waals surface area contributed by atoms with E-state index in [0.29, 0.717) is 44.5 Å². The minimum atomic E-state index is -0.682. The first kappa shape index (κ1) is 46.8. The number of benzene rings is 2. The monoisotopic (exact) mass is 800 g/mol. The second-order valence-electron chi connectivity index (χ2n) is 15.7. The number of ether oxygens (including phenoxy) is 3. The van der Waals surface area contributed by atoms with Crippen molar-refractivity contribution in [1.82, 2.24) is 16.0 Å². The molecule has 4 rings (SSSR count). The topological polar surface area (TPSA) is 175 Å². The summed E-state index contributed by atoms with van der Waals surface area (Å²) in [5.41, 5.74) is 4.95. The number of rotatable bonds is 21. The minimum absolute atomic E-state index is 0.00828. The Morgan fingerprint density at radius 3 is 1.54 bits per heavy atom. The number of alkyl carbamates (subject to hydrolysis) is 1. The fourth-order valence-corrected chi connectivity index (χ4v) is 6.68.